The van der Waals surface area contributed by atoms with Crippen LogP contribution >= 0.6 is 0 Å². The molecule has 0 aliphatic carbocycles. The van der Waals surface area contributed by atoms with E-state index in [1.165, 1.54) is 0 Å². The molecule has 0 aliphatic heterocycles. The van der Waals surface area contributed by atoms with Crippen molar-refractivity contribution in [1.29, 1.82) is 0 Å². The Kier molecular flexibility index (Phi) is 3.38. The normalized spacial score (nSPS) is 10.5. The van der Waals surface area contributed by atoms with E-state index in [1.807, 2.05) is 30.3 Å². The number of carbonyl (C=O) groups excluding carboxylic acids is 1. The molecule has 3 nitrogen and oxygen atoms in total. The molecular weight excluding hydrogens is 212 g/mol. The Hall–Kier alpha value is -1.90. The molecule has 0 saturated heterocycles. The van der Waals surface area contributed by atoms with Crippen molar-refractivity contribution in [3.63, 3.8) is 0 Å². The number of fused-ring (bicyclic) bond motifs is 1. The number of aldehydes is 1. The lowest BCUT2D eigenvalue weighted by Gasteiger charge is -2.19. The molecule has 2 aromatic rings. The van der Waals surface area contributed by atoms with Crippen molar-refractivity contribution in [2.24, 2.45) is 0 Å². The Balaban J connectivity index is 2.51. The summed E-state index contributed by atoms with van der Waals surface area (Å²) in [5.41, 5.74) is 1.54. The van der Waals surface area contributed by atoms with Crippen molar-refractivity contribution >= 4 is 23.0 Å². The van der Waals surface area contributed by atoms with Gasteiger partial charge in [-0.25, -0.2) is 4.98 Å². The van der Waals surface area contributed by atoms with Crippen molar-refractivity contribution in [2.45, 2.75) is 13.8 Å². The topological polar surface area (TPSA) is 33.2 Å². The third-order valence-electron chi connectivity index (χ3n) is 2.92. The SMILES string of the molecule is CCN(CC)c1ccc2ccc(C=O)cc2n1. The maximum absolute atomic E-state index is 10.7. The van der Waals surface area contributed by atoms with Crippen LogP contribution in [0.4, 0.5) is 5.82 Å². The van der Waals surface area contributed by atoms with Gasteiger partial charge in [0.1, 0.15) is 12.1 Å². The number of benzene rings is 1. The molecular formula is C14H16N2O. The van der Waals surface area contributed by atoms with Crippen LogP contribution in [0.5, 0.6) is 0 Å². The summed E-state index contributed by atoms with van der Waals surface area (Å²) < 4.78 is 0. The quantitative estimate of drug-likeness (QED) is 0.754. The van der Waals surface area contributed by atoms with Gasteiger partial charge in [0.05, 0.1) is 5.52 Å². The second-order valence-electron chi connectivity index (χ2n) is 3.91. The van der Waals surface area contributed by atoms with E-state index in [1.54, 1.807) is 0 Å². The highest BCUT2D eigenvalue weighted by atomic mass is 16.1. The second kappa shape index (κ2) is 4.95. The third kappa shape index (κ3) is 2.28. The summed E-state index contributed by atoms with van der Waals surface area (Å²) in [5.74, 6) is 0.963. The lowest BCUT2D eigenvalue weighted by molar-refractivity contribution is 0.112. The van der Waals surface area contributed by atoms with Crippen LogP contribution in [-0.4, -0.2) is 24.4 Å². The molecule has 0 bridgehead atoms. The Morgan fingerprint density at radius 1 is 1.18 bits per heavy atom. The van der Waals surface area contributed by atoms with Crippen molar-refractivity contribution in [3.8, 4) is 0 Å². The number of hydrogen-bond donors (Lipinski definition) is 0. The molecule has 1 aromatic heterocycles. The fourth-order valence-corrected chi connectivity index (χ4v) is 1.92. The maximum atomic E-state index is 10.7. The van der Waals surface area contributed by atoms with Crippen LogP contribution in [0.15, 0.2) is 30.3 Å². The Bertz CT molecular complexity index is 533. The predicted molar refractivity (Wildman–Crippen MR) is 70.7 cm³/mol. The van der Waals surface area contributed by atoms with Gasteiger partial charge in [-0.1, -0.05) is 12.1 Å². The molecule has 0 radical (unpaired) electrons. The predicted octanol–water partition coefficient (Wildman–Crippen LogP) is 2.89. The van der Waals surface area contributed by atoms with Crippen LogP contribution in [-0.2, 0) is 0 Å². The molecule has 0 aliphatic rings. The highest BCUT2D eigenvalue weighted by Crippen LogP contribution is 2.18. The van der Waals surface area contributed by atoms with Crippen LogP contribution < -0.4 is 4.90 Å². The fourth-order valence-electron chi connectivity index (χ4n) is 1.92. The van der Waals surface area contributed by atoms with Crippen molar-refractivity contribution in [3.05, 3.63) is 35.9 Å². The minimum absolute atomic E-state index is 0.668. The number of hydrogen-bond acceptors (Lipinski definition) is 3. The van der Waals surface area contributed by atoms with Crippen molar-refractivity contribution < 1.29 is 4.79 Å². The van der Waals surface area contributed by atoms with Gasteiger partial charge >= 0.3 is 0 Å². The first kappa shape index (κ1) is 11.6. The molecule has 0 fully saturated rings. The van der Waals surface area contributed by atoms with Crippen LogP contribution in [0.2, 0.25) is 0 Å². The van der Waals surface area contributed by atoms with E-state index in [0.717, 1.165) is 36.1 Å². The van der Waals surface area contributed by atoms with Crippen LogP contribution in [0.25, 0.3) is 10.9 Å². The van der Waals surface area contributed by atoms with Gasteiger partial charge in [0.25, 0.3) is 0 Å². The van der Waals surface area contributed by atoms with Crippen molar-refractivity contribution in [1.82, 2.24) is 4.98 Å². The Morgan fingerprint density at radius 2 is 1.88 bits per heavy atom. The lowest BCUT2D eigenvalue weighted by Crippen LogP contribution is -2.22. The van der Waals surface area contributed by atoms with Crippen LogP contribution in [0.3, 0.4) is 0 Å². The number of pyridine rings is 1. The molecule has 0 amide bonds. The molecule has 0 atom stereocenters. The molecule has 0 N–H and O–H groups in total. The maximum Gasteiger partial charge on any atom is 0.150 e. The van der Waals surface area contributed by atoms with E-state index in [0.29, 0.717) is 5.56 Å². The molecule has 0 unspecified atom stereocenters. The molecule has 0 spiro atoms. The lowest BCUT2D eigenvalue weighted by atomic mass is 10.1. The monoisotopic (exact) mass is 228 g/mol. The molecule has 1 aromatic carbocycles. The van der Waals surface area contributed by atoms with E-state index >= 15 is 0 Å². The average molecular weight is 228 g/mol. The number of nitrogens with zero attached hydrogens (tertiary/aromatic N) is 2. The second-order valence-corrected chi connectivity index (χ2v) is 3.91. The summed E-state index contributed by atoms with van der Waals surface area (Å²) in [6.45, 7) is 6.08. The highest BCUT2D eigenvalue weighted by molar-refractivity contribution is 5.87. The minimum atomic E-state index is 0.668. The fraction of sp³-hybridized carbons (Fsp3) is 0.286. The summed E-state index contributed by atoms with van der Waals surface area (Å²) >= 11 is 0. The summed E-state index contributed by atoms with van der Waals surface area (Å²) in [6, 6.07) is 9.64. The van der Waals surface area contributed by atoms with E-state index in [2.05, 4.69) is 23.7 Å². The number of aromatic nitrogens is 1. The summed E-state index contributed by atoms with van der Waals surface area (Å²) in [4.78, 5) is 17.5. The highest BCUT2D eigenvalue weighted by Gasteiger charge is 2.04. The van der Waals surface area contributed by atoms with Gasteiger partial charge in [0, 0.05) is 24.0 Å². The van der Waals surface area contributed by atoms with Gasteiger partial charge < -0.3 is 4.90 Å². The Morgan fingerprint density at radius 3 is 2.53 bits per heavy atom. The zero-order chi connectivity index (χ0) is 12.3. The smallest absolute Gasteiger partial charge is 0.150 e. The van der Waals surface area contributed by atoms with Crippen molar-refractivity contribution in [2.75, 3.05) is 18.0 Å². The summed E-state index contributed by atoms with van der Waals surface area (Å²) in [7, 11) is 0. The van der Waals surface area contributed by atoms with Crippen LogP contribution in [0, 0.1) is 0 Å². The van der Waals surface area contributed by atoms with E-state index in [9.17, 15) is 4.79 Å². The first-order valence-corrected chi connectivity index (χ1v) is 5.89. The zero-order valence-corrected chi connectivity index (χ0v) is 10.2. The largest absolute Gasteiger partial charge is 0.357 e. The van der Waals surface area contributed by atoms with Gasteiger partial charge in [-0.05, 0) is 32.0 Å². The molecule has 17 heavy (non-hydrogen) atoms. The van der Waals surface area contributed by atoms with Gasteiger partial charge in [-0.15, -0.1) is 0 Å². The van der Waals surface area contributed by atoms with E-state index in [4.69, 9.17) is 0 Å². The first-order chi connectivity index (χ1) is 8.28. The van der Waals surface area contributed by atoms with Gasteiger partial charge in [0.15, 0.2) is 0 Å². The summed E-state index contributed by atoms with van der Waals surface area (Å²) in [5, 5.41) is 1.06. The molecule has 0 saturated carbocycles. The minimum Gasteiger partial charge on any atom is -0.357 e. The van der Waals surface area contributed by atoms with Gasteiger partial charge in [-0.3, -0.25) is 4.79 Å². The molecule has 3 heteroatoms. The van der Waals surface area contributed by atoms with Gasteiger partial charge in [0.2, 0.25) is 0 Å². The van der Waals surface area contributed by atoms with Crippen LogP contribution in [0.1, 0.15) is 24.2 Å². The first-order valence-electron chi connectivity index (χ1n) is 5.89. The average Bonchev–Trinajstić information content (AvgIpc) is 2.39. The molecule has 88 valence electrons. The number of carbonyl (C=O) groups is 1. The summed E-state index contributed by atoms with van der Waals surface area (Å²) in [6.07, 6.45) is 0.852. The zero-order valence-electron chi connectivity index (χ0n) is 10.2. The van der Waals surface area contributed by atoms with E-state index in [-0.39, 0.29) is 0 Å². The number of rotatable bonds is 4. The van der Waals surface area contributed by atoms with E-state index < -0.39 is 0 Å². The Labute approximate surface area is 101 Å². The standard InChI is InChI=1S/C14H16N2O/c1-3-16(4-2)14-8-7-12-6-5-11(10-17)9-13(12)15-14/h5-10H,3-4H2,1-2H3. The van der Waals surface area contributed by atoms with Gasteiger partial charge in [-0.2, -0.15) is 0 Å². The molecule has 1 heterocycles. The molecule has 2 rings (SSSR count). The number of anilines is 1. The third-order valence-corrected chi connectivity index (χ3v) is 2.92.